The van der Waals surface area contributed by atoms with Crippen LogP contribution in [0.2, 0.25) is 0 Å². The Morgan fingerprint density at radius 2 is 1.71 bits per heavy atom. The van der Waals surface area contributed by atoms with Crippen molar-refractivity contribution in [3.8, 4) is 0 Å². The summed E-state index contributed by atoms with van der Waals surface area (Å²) in [6, 6.07) is -2.09. The zero-order valence-electron chi connectivity index (χ0n) is 25.3. The van der Waals surface area contributed by atoms with E-state index in [0.29, 0.717) is 36.2 Å². The lowest BCUT2D eigenvalue weighted by atomic mass is 9.71. The van der Waals surface area contributed by atoms with Crippen LogP contribution in [0, 0.1) is 35.0 Å². The zero-order valence-corrected chi connectivity index (χ0v) is 25.3. The lowest BCUT2D eigenvalue weighted by molar-refractivity contribution is -0.150. The predicted octanol–water partition coefficient (Wildman–Crippen LogP) is 2.56. The number of nitrogens with one attached hydrogen (secondary N) is 5. The van der Waals surface area contributed by atoms with Crippen LogP contribution in [-0.2, 0) is 4.79 Å². The fourth-order valence-electron chi connectivity index (χ4n) is 8.70. The largest absolute Gasteiger partial charge is 0.405 e. The van der Waals surface area contributed by atoms with E-state index in [-0.39, 0.29) is 42.9 Å². The molecule has 12 heteroatoms. The van der Waals surface area contributed by atoms with Crippen molar-refractivity contribution in [1.82, 2.24) is 36.0 Å². The average Bonchev–Trinajstić information content (AvgIpc) is 3.46. The number of alkyl halides is 3. The van der Waals surface area contributed by atoms with E-state index in [2.05, 4.69) is 40.0 Å². The molecular formula is C29H51F3N8O. The number of carbonyl (C=O) groups is 1. The number of rotatable bonds is 6. The van der Waals surface area contributed by atoms with Crippen LogP contribution in [0.3, 0.4) is 0 Å². The van der Waals surface area contributed by atoms with Gasteiger partial charge in [-0.05, 0) is 75.2 Å². The van der Waals surface area contributed by atoms with E-state index in [0.717, 1.165) is 32.1 Å². The fourth-order valence-corrected chi connectivity index (χ4v) is 8.70. The van der Waals surface area contributed by atoms with Gasteiger partial charge in [0.15, 0.2) is 5.96 Å². The van der Waals surface area contributed by atoms with Crippen molar-refractivity contribution in [2.45, 2.75) is 108 Å². The van der Waals surface area contributed by atoms with Crippen LogP contribution in [0.15, 0.2) is 0 Å². The monoisotopic (exact) mass is 584 g/mol. The molecule has 2 saturated carbocycles. The van der Waals surface area contributed by atoms with E-state index >= 15 is 0 Å². The Hall–Kier alpha value is -1.63. The Labute approximate surface area is 243 Å². The van der Waals surface area contributed by atoms with E-state index in [1.807, 2.05) is 16.8 Å². The molecule has 5 rings (SSSR count). The Morgan fingerprint density at radius 3 is 2.32 bits per heavy atom. The molecule has 0 aromatic heterocycles. The maximum Gasteiger partial charge on any atom is 0.405 e. The molecule has 5 N–H and O–H groups in total. The summed E-state index contributed by atoms with van der Waals surface area (Å²) in [7, 11) is 5.37. The third kappa shape index (κ3) is 6.08. The van der Waals surface area contributed by atoms with Crippen molar-refractivity contribution >= 4 is 11.9 Å². The number of amides is 1. The Morgan fingerprint density at radius 1 is 1.02 bits per heavy atom. The van der Waals surface area contributed by atoms with Crippen LogP contribution >= 0.6 is 0 Å². The van der Waals surface area contributed by atoms with Crippen molar-refractivity contribution in [3.63, 3.8) is 0 Å². The predicted molar refractivity (Wildman–Crippen MR) is 153 cm³/mol. The number of halogens is 3. The summed E-state index contributed by atoms with van der Waals surface area (Å²) in [5.41, 5.74) is 0. The number of nitrogens with zero attached hydrogens (tertiary/aromatic N) is 3. The highest BCUT2D eigenvalue weighted by molar-refractivity contribution is 5.86. The van der Waals surface area contributed by atoms with Crippen LogP contribution in [0.4, 0.5) is 13.2 Å². The second-order valence-corrected chi connectivity index (χ2v) is 13.7. The Kier molecular flexibility index (Phi) is 9.14. The highest BCUT2D eigenvalue weighted by atomic mass is 19.4. The highest BCUT2D eigenvalue weighted by Crippen LogP contribution is 2.40. The molecule has 0 radical (unpaired) electrons. The lowest BCUT2D eigenvalue weighted by Gasteiger charge is -2.48. The van der Waals surface area contributed by atoms with Gasteiger partial charge in [0.1, 0.15) is 18.2 Å². The first-order valence-electron chi connectivity index (χ1n) is 15.7. The Bertz CT molecular complexity index is 942. The average molecular weight is 585 g/mol. The first-order valence-corrected chi connectivity index (χ1v) is 15.7. The smallest absolute Gasteiger partial charge is 0.358 e. The summed E-state index contributed by atoms with van der Waals surface area (Å²) in [5, 5.41) is 22.3. The van der Waals surface area contributed by atoms with Crippen LogP contribution < -0.4 is 21.3 Å². The van der Waals surface area contributed by atoms with E-state index in [9.17, 15) is 18.0 Å². The molecule has 8 atom stereocenters. The van der Waals surface area contributed by atoms with E-state index in [1.54, 1.807) is 14.1 Å². The minimum absolute atomic E-state index is 0.000471. The summed E-state index contributed by atoms with van der Waals surface area (Å²) >= 11 is 0. The van der Waals surface area contributed by atoms with Crippen molar-refractivity contribution in [3.05, 3.63) is 0 Å². The third-order valence-corrected chi connectivity index (χ3v) is 11.0. The molecule has 0 aromatic carbocycles. The topological polar surface area (TPSA) is 98.8 Å². The first-order chi connectivity index (χ1) is 19.4. The molecular weight excluding hydrogens is 533 g/mol. The summed E-state index contributed by atoms with van der Waals surface area (Å²) in [6.07, 6.45) is 3.76. The summed E-state index contributed by atoms with van der Waals surface area (Å²) in [4.78, 5) is 19.1. The number of hydrogen-bond donors (Lipinski definition) is 5. The maximum atomic E-state index is 13.3. The first kappa shape index (κ1) is 30.8. The van der Waals surface area contributed by atoms with E-state index in [4.69, 9.17) is 5.41 Å². The van der Waals surface area contributed by atoms with Gasteiger partial charge in [0.05, 0.1) is 18.4 Å². The normalized spacial score (nSPS) is 40.8. The minimum atomic E-state index is -4.22. The van der Waals surface area contributed by atoms with Gasteiger partial charge in [0, 0.05) is 27.2 Å². The second kappa shape index (κ2) is 12.2. The number of fused-ring (bicyclic) bond motifs is 1. The van der Waals surface area contributed by atoms with Gasteiger partial charge >= 0.3 is 6.18 Å². The van der Waals surface area contributed by atoms with Crippen molar-refractivity contribution in [2.75, 3.05) is 34.2 Å². The van der Waals surface area contributed by atoms with Crippen LogP contribution in [-0.4, -0.2) is 104 Å². The van der Waals surface area contributed by atoms with Crippen LogP contribution in [0.25, 0.3) is 0 Å². The maximum absolute atomic E-state index is 13.3. The Balaban J connectivity index is 1.27. The van der Waals surface area contributed by atoms with Gasteiger partial charge in [0.2, 0.25) is 5.91 Å². The summed E-state index contributed by atoms with van der Waals surface area (Å²) in [5.74, 6) is 2.50. The molecule has 9 nitrogen and oxygen atoms in total. The molecule has 0 spiro atoms. The van der Waals surface area contributed by atoms with Gasteiger partial charge in [-0.2, -0.15) is 13.2 Å². The van der Waals surface area contributed by atoms with Gasteiger partial charge in [0.25, 0.3) is 0 Å². The molecule has 0 aromatic rings. The summed E-state index contributed by atoms with van der Waals surface area (Å²) < 4.78 is 40.0. The molecule has 41 heavy (non-hydrogen) atoms. The van der Waals surface area contributed by atoms with Gasteiger partial charge < -0.3 is 15.1 Å². The number of carbonyl (C=O) groups excluding carboxylic acids is 1. The van der Waals surface area contributed by atoms with E-state index < -0.39 is 18.3 Å². The minimum Gasteiger partial charge on any atom is -0.358 e. The molecule has 5 aliphatic rings. The second-order valence-electron chi connectivity index (χ2n) is 13.7. The van der Waals surface area contributed by atoms with Gasteiger partial charge in [-0.1, -0.05) is 26.7 Å². The number of hydrogen-bond acceptors (Lipinski definition) is 6. The standard InChI is InChI=1S/C29H51F3N8O/c1-16(2)19-8-6-7-9-20(19)24-36-22(27(41)34-3)23-26(37-24)40(28(33)39(23)5)14-17-10-12-18(13-11-17)25-35-21(15-38(25)4)29(30,31)32/h16-26,33,35-37H,6-15H2,1-5H3,(H,34,41). The highest BCUT2D eigenvalue weighted by Gasteiger charge is 2.54. The SMILES string of the molecule is CNC(=O)C1NC(C2CCCCC2C(C)C)NC2C1N(C)C(=N)N2CC1CCC(C2NC(C(F)(F)F)CN2C)CC1. The fraction of sp³-hybridized carbons (Fsp3) is 0.931. The molecule has 3 aliphatic heterocycles. The van der Waals surface area contributed by atoms with Crippen LogP contribution in [0.5, 0.6) is 0 Å². The molecule has 2 aliphatic carbocycles. The molecule has 3 saturated heterocycles. The number of likely N-dealkylation sites (N-methyl/N-ethyl adjacent to an activating group) is 3. The van der Waals surface area contributed by atoms with E-state index in [1.165, 1.54) is 19.3 Å². The van der Waals surface area contributed by atoms with Crippen molar-refractivity contribution in [1.29, 1.82) is 5.41 Å². The van der Waals surface area contributed by atoms with Gasteiger partial charge in [-0.15, -0.1) is 0 Å². The lowest BCUT2D eigenvalue weighted by Crippen LogP contribution is -2.74. The molecule has 8 unspecified atom stereocenters. The third-order valence-electron chi connectivity index (χ3n) is 11.0. The van der Waals surface area contributed by atoms with Gasteiger partial charge in [-0.3, -0.25) is 31.1 Å². The molecule has 234 valence electrons. The number of guanidine groups is 1. The van der Waals surface area contributed by atoms with Crippen molar-refractivity contribution < 1.29 is 18.0 Å². The van der Waals surface area contributed by atoms with Crippen molar-refractivity contribution in [2.24, 2.45) is 29.6 Å². The quantitative estimate of drug-likeness (QED) is 0.327. The summed E-state index contributed by atoms with van der Waals surface area (Å²) in [6.45, 7) is 5.32. The molecule has 5 fully saturated rings. The van der Waals surface area contributed by atoms with Crippen LogP contribution in [0.1, 0.15) is 65.2 Å². The zero-order chi connectivity index (χ0) is 29.6. The molecule has 0 bridgehead atoms. The van der Waals surface area contributed by atoms with Gasteiger partial charge in [-0.25, -0.2) is 0 Å². The molecule has 1 amide bonds. The molecule has 3 heterocycles.